The molecule has 3 atom stereocenters. The van der Waals surface area contributed by atoms with Crippen molar-refractivity contribution in [1.82, 2.24) is 0 Å². The zero-order valence-electron chi connectivity index (χ0n) is 12.3. The van der Waals surface area contributed by atoms with Crippen LogP contribution in [0.3, 0.4) is 0 Å². The van der Waals surface area contributed by atoms with Crippen LogP contribution < -0.4 is 0 Å². The maximum atomic E-state index is 10.2. The maximum absolute atomic E-state index is 10.2. The maximum Gasteiger partial charge on any atom is 0.0858 e. The lowest BCUT2D eigenvalue weighted by atomic mass is 9.93. The summed E-state index contributed by atoms with van der Waals surface area (Å²) in [6.45, 7) is 2.05. The molecule has 2 nitrogen and oxygen atoms in total. The molecule has 4 heteroatoms. The minimum absolute atomic E-state index is 0.108. The number of rotatable bonds is 2. The van der Waals surface area contributed by atoms with E-state index in [1.165, 1.54) is 5.56 Å². The molecule has 0 bridgehead atoms. The van der Waals surface area contributed by atoms with E-state index < -0.39 is 0 Å². The molecule has 0 aliphatic carbocycles. The van der Waals surface area contributed by atoms with Gasteiger partial charge in [-0.15, -0.1) is 0 Å². The van der Waals surface area contributed by atoms with Crippen LogP contribution in [0.4, 0.5) is 0 Å². The largest absolute Gasteiger partial charge is 0.393 e. The second-order valence-corrected chi connectivity index (χ2v) is 6.64. The molecule has 0 aromatic heterocycles. The van der Waals surface area contributed by atoms with Gasteiger partial charge in [0.2, 0.25) is 0 Å². The number of ether oxygens (including phenoxy) is 1. The van der Waals surface area contributed by atoms with Crippen LogP contribution in [0.5, 0.6) is 0 Å². The highest BCUT2D eigenvalue weighted by atomic mass is 35.5. The van der Waals surface area contributed by atoms with Crippen molar-refractivity contribution >= 4 is 23.2 Å². The Morgan fingerprint density at radius 2 is 1.50 bits per heavy atom. The molecule has 1 N–H and O–H groups in total. The monoisotopic (exact) mass is 336 g/mol. The molecule has 22 heavy (non-hydrogen) atoms. The van der Waals surface area contributed by atoms with Gasteiger partial charge in [0.25, 0.3) is 0 Å². The van der Waals surface area contributed by atoms with E-state index in [0.717, 1.165) is 11.1 Å². The van der Waals surface area contributed by atoms with Gasteiger partial charge in [0, 0.05) is 12.8 Å². The molecular formula is C18H18Cl2O2. The van der Waals surface area contributed by atoms with Crippen molar-refractivity contribution in [1.29, 1.82) is 0 Å². The van der Waals surface area contributed by atoms with Gasteiger partial charge in [0.05, 0.1) is 28.4 Å². The molecule has 1 aliphatic rings. The summed E-state index contributed by atoms with van der Waals surface area (Å²) in [5.74, 6) is 0. The van der Waals surface area contributed by atoms with Crippen LogP contribution >= 0.6 is 23.2 Å². The molecule has 2 aromatic rings. The Labute approximate surface area is 140 Å². The van der Waals surface area contributed by atoms with Crippen LogP contribution in [0.15, 0.2) is 42.5 Å². The van der Waals surface area contributed by atoms with Crippen LogP contribution in [0, 0.1) is 6.92 Å². The molecule has 3 rings (SSSR count). The summed E-state index contributed by atoms with van der Waals surface area (Å²) in [5, 5.41) is 11.2. The molecule has 0 amide bonds. The van der Waals surface area contributed by atoms with E-state index in [9.17, 15) is 5.11 Å². The normalized spacial score (nSPS) is 25.2. The standard InChI is InChI=1S/C18H18Cl2O2/c1-11-2-4-12(5-3-11)17-9-14(21)10-18(22-17)13-6-7-15(19)16(20)8-13/h2-8,14,17-18,21H,9-10H2,1H3. The Bertz CT molecular complexity index is 655. The summed E-state index contributed by atoms with van der Waals surface area (Å²) in [6, 6.07) is 13.7. The van der Waals surface area contributed by atoms with Crippen molar-refractivity contribution in [3.8, 4) is 0 Å². The van der Waals surface area contributed by atoms with E-state index in [4.69, 9.17) is 27.9 Å². The molecule has 1 saturated heterocycles. The van der Waals surface area contributed by atoms with Gasteiger partial charge in [-0.2, -0.15) is 0 Å². The molecule has 0 radical (unpaired) electrons. The van der Waals surface area contributed by atoms with Gasteiger partial charge in [0.1, 0.15) is 0 Å². The number of hydrogen-bond donors (Lipinski definition) is 1. The van der Waals surface area contributed by atoms with Gasteiger partial charge >= 0.3 is 0 Å². The van der Waals surface area contributed by atoms with Gasteiger partial charge < -0.3 is 9.84 Å². The highest BCUT2D eigenvalue weighted by Gasteiger charge is 2.30. The molecule has 3 unspecified atom stereocenters. The second-order valence-electron chi connectivity index (χ2n) is 5.82. The summed E-state index contributed by atoms with van der Waals surface area (Å²) < 4.78 is 6.20. The quantitative estimate of drug-likeness (QED) is 0.810. The first-order valence-electron chi connectivity index (χ1n) is 7.38. The molecule has 1 fully saturated rings. The van der Waals surface area contributed by atoms with Gasteiger partial charge in [0.15, 0.2) is 0 Å². The Morgan fingerprint density at radius 3 is 2.14 bits per heavy atom. The Morgan fingerprint density at radius 1 is 0.909 bits per heavy atom. The number of aliphatic hydroxyl groups is 1. The van der Waals surface area contributed by atoms with Crippen LogP contribution in [-0.2, 0) is 4.74 Å². The number of aliphatic hydroxyl groups excluding tert-OH is 1. The van der Waals surface area contributed by atoms with Gasteiger partial charge in [-0.1, -0.05) is 59.1 Å². The average Bonchev–Trinajstić information content (AvgIpc) is 2.50. The summed E-state index contributed by atoms with van der Waals surface area (Å²) in [5.41, 5.74) is 3.25. The molecular weight excluding hydrogens is 319 g/mol. The fourth-order valence-electron chi connectivity index (χ4n) is 2.82. The van der Waals surface area contributed by atoms with E-state index >= 15 is 0 Å². The van der Waals surface area contributed by atoms with Crippen LogP contribution in [0.1, 0.15) is 41.7 Å². The first-order valence-corrected chi connectivity index (χ1v) is 8.13. The Hall–Kier alpha value is -1.06. The molecule has 0 saturated carbocycles. The van der Waals surface area contributed by atoms with E-state index in [1.54, 1.807) is 6.07 Å². The summed E-state index contributed by atoms with van der Waals surface area (Å²) in [4.78, 5) is 0. The van der Waals surface area contributed by atoms with Crippen molar-refractivity contribution in [2.24, 2.45) is 0 Å². The Balaban J connectivity index is 1.84. The number of aryl methyl sites for hydroxylation is 1. The highest BCUT2D eigenvalue weighted by molar-refractivity contribution is 6.42. The van der Waals surface area contributed by atoms with Crippen molar-refractivity contribution in [3.63, 3.8) is 0 Å². The molecule has 116 valence electrons. The first kappa shape index (κ1) is 15.8. The predicted octanol–water partition coefficient (Wildman–Crippen LogP) is 5.26. The topological polar surface area (TPSA) is 29.5 Å². The van der Waals surface area contributed by atoms with Crippen LogP contribution in [0.2, 0.25) is 10.0 Å². The number of hydrogen-bond acceptors (Lipinski definition) is 2. The summed E-state index contributed by atoms with van der Waals surface area (Å²) in [7, 11) is 0. The third-order valence-electron chi connectivity index (χ3n) is 4.07. The van der Waals surface area contributed by atoms with Crippen molar-refractivity contribution in [3.05, 3.63) is 69.2 Å². The lowest BCUT2D eigenvalue weighted by molar-refractivity contribution is -0.0998. The van der Waals surface area contributed by atoms with Crippen LogP contribution in [-0.4, -0.2) is 11.2 Å². The lowest BCUT2D eigenvalue weighted by Gasteiger charge is -2.34. The van der Waals surface area contributed by atoms with Crippen LogP contribution in [0.25, 0.3) is 0 Å². The van der Waals surface area contributed by atoms with E-state index in [1.807, 2.05) is 12.1 Å². The average molecular weight is 337 g/mol. The second kappa shape index (κ2) is 6.59. The molecule has 1 heterocycles. The third kappa shape index (κ3) is 3.47. The predicted molar refractivity (Wildman–Crippen MR) is 89.4 cm³/mol. The smallest absolute Gasteiger partial charge is 0.0858 e. The third-order valence-corrected chi connectivity index (χ3v) is 4.80. The number of halogens is 2. The SMILES string of the molecule is Cc1ccc(C2CC(O)CC(c3ccc(Cl)c(Cl)c3)O2)cc1. The van der Waals surface area contributed by atoms with Crippen molar-refractivity contribution in [2.75, 3.05) is 0 Å². The molecule has 1 aliphatic heterocycles. The van der Waals surface area contributed by atoms with E-state index in [0.29, 0.717) is 22.9 Å². The fraction of sp³-hybridized carbons (Fsp3) is 0.333. The minimum atomic E-state index is -0.389. The summed E-state index contributed by atoms with van der Waals surface area (Å²) in [6.07, 6.45) is 0.509. The van der Waals surface area contributed by atoms with Gasteiger partial charge in [-0.3, -0.25) is 0 Å². The van der Waals surface area contributed by atoms with Gasteiger partial charge in [-0.25, -0.2) is 0 Å². The molecule has 2 aromatic carbocycles. The zero-order chi connectivity index (χ0) is 15.7. The Kier molecular flexibility index (Phi) is 4.74. The lowest BCUT2D eigenvalue weighted by Crippen LogP contribution is -2.26. The highest BCUT2D eigenvalue weighted by Crippen LogP contribution is 2.40. The fourth-order valence-corrected chi connectivity index (χ4v) is 3.13. The van der Waals surface area contributed by atoms with E-state index in [2.05, 4.69) is 31.2 Å². The van der Waals surface area contributed by atoms with Crippen molar-refractivity contribution in [2.45, 2.75) is 38.1 Å². The zero-order valence-corrected chi connectivity index (χ0v) is 13.8. The molecule has 0 spiro atoms. The van der Waals surface area contributed by atoms with E-state index in [-0.39, 0.29) is 18.3 Å². The van der Waals surface area contributed by atoms with Gasteiger partial charge in [-0.05, 0) is 30.2 Å². The first-order chi connectivity index (χ1) is 10.5. The minimum Gasteiger partial charge on any atom is -0.393 e. The number of benzene rings is 2. The summed E-state index contributed by atoms with van der Waals surface area (Å²) >= 11 is 12.1. The van der Waals surface area contributed by atoms with Crippen molar-refractivity contribution < 1.29 is 9.84 Å².